The molecule has 108 valence electrons. The highest BCUT2D eigenvalue weighted by molar-refractivity contribution is 5.88. The Kier molecular flexibility index (Phi) is 4.01. The van der Waals surface area contributed by atoms with Gasteiger partial charge in [-0.25, -0.2) is 14.8 Å². The Bertz CT molecular complexity index is 747. The molecule has 3 aromatic rings. The van der Waals surface area contributed by atoms with Gasteiger partial charge >= 0.3 is 5.97 Å². The zero-order chi connectivity index (χ0) is 15.2. The maximum absolute atomic E-state index is 11.8. The van der Waals surface area contributed by atoms with Crippen LogP contribution in [0.3, 0.4) is 0 Å². The molecule has 3 rings (SSSR count). The molecule has 0 aliphatic carbocycles. The molecule has 0 saturated heterocycles. The molecule has 22 heavy (non-hydrogen) atoms. The summed E-state index contributed by atoms with van der Waals surface area (Å²) in [5, 5.41) is 0. The van der Waals surface area contributed by atoms with E-state index in [1.807, 2.05) is 12.1 Å². The van der Waals surface area contributed by atoms with E-state index in [4.69, 9.17) is 9.47 Å². The Morgan fingerprint density at radius 3 is 2.36 bits per heavy atom. The number of carbonyl (C=O) groups excluding carboxylic acids is 1. The lowest BCUT2D eigenvalue weighted by Gasteiger charge is -2.06. The zero-order valence-electron chi connectivity index (χ0n) is 11.4. The van der Waals surface area contributed by atoms with E-state index in [1.54, 1.807) is 36.5 Å². The maximum atomic E-state index is 11.8. The minimum absolute atomic E-state index is 0.149. The Morgan fingerprint density at radius 2 is 1.68 bits per heavy atom. The van der Waals surface area contributed by atoms with Crippen LogP contribution < -0.4 is 9.47 Å². The van der Waals surface area contributed by atoms with E-state index in [0.717, 1.165) is 0 Å². The van der Waals surface area contributed by atoms with Gasteiger partial charge in [-0.15, -0.1) is 0 Å². The number of aromatic nitrogens is 3. The molecule has 0 fully saturated rings. The molecule has 6 nitrogen and oxygen atoms in total. The van der Waals surface area contributed by atoms with Crippen LogP contribution in [-0.4, -0.2) is 20.9 Å². The van der Waals surface area contributed by atoms with Crippen LogP contribution in [0.1, 0.15) is 10.5 Å². The summed E-state index contributed by atoms with van der Waals surface area (Å²) in [6, 6.07) is 12.0. The third-order valence-corrected chi connectivity index (χ3v) is 2.67. The van der Waals surface area contributed by atoms with Gasteiger partial charge in [-0.1, -0.05) is 6.07 Å². The molecule has 1 aromatic carbocycles. The first-order valence-electron chi connectivity index (χ1n) is 6.48. The van der Waals surface area contributed by atoms with Gasteiger partial charge in [0.05, 0.1) is 6.20 Å². The van der Waals surface area contributed by atoms with E-state index in [9.17, 15) is 4.79 Å². The summed E-state index contributed by atoms with van der Waals surface area (Å²) in [5.74, 6) is 0.917. The summed E-state index contributed by atoms with van der Waals surface area (Å²) in [6.45, 7) is 0. The fourth-order valence-corrected chi connectivity index (χ4v) is 1.67. The van der Waals surface area contributed by atoms with E-state index < -0.39 is 5.97 Å². The van der Waals surface area contributed by atoms with Crippen molar-refractivity contribution in [3.63, 3.8) is 0 Å². The number of carbonyl (C=O) groups is 1. The highest BCUT2D eigenvalue weighted by atomic mass is 16.5. The molecular weight excluding hydrogens is 282 g/mol. The van der Waals surface area contributed by atoms with E-state index in [-0.39, 0.29) is 5.69 Å². The summed E-state index contributed by atoms with van der Waals surface area (Å²) in [4.78, 5) is 23.6. The molecule has 2 aromatic heterocycles. The van der Waals surface area contributed by atoms with Crippen molar-refractivity contribution in [2.75, 3.05) is 0 Å². The van der Waals surface area contributed by atoms with Gasteiger partial charge in [0.25, 0.3) is 0 Å². The van der Waals surface area contributed by atoms with Gasteiger partial charge in [0.2, 0.25) is 5.88 Å². The number of ether oxygens (including phenoxy) is 2. The zero-order valence-corrected chi connectivity index (χ0v) is 11.4. The first kappa shape index (κ1) is 13.7. The quantitative estimate of drug-likeness (QED) is 0.544. The van der Waals surface area contributed by atoms with Crippen molar-refractivity contribution in [2.45, 2.75) is 0 Å². The molecule has 0 atom stereocenters. The van der Waals surface area contributed by atoms with Gasteiger partial charge in [-0.3, -0.25) is 4.98 Å². The molecule has 0 bridgehead atoms. The normalized spacial score (nSPS) is 10.0. The van der Waals surface area contributed by atoms with Crippen molar-refractivity contribution in [1.82, 2.24) is 15.0 Å². The second-order valence-electron chi connectivity index (χ2n) is 4.22. The van der Waals surface area contributed by atoms with Crippen molar-refractivity contribution in [3.05, 3.63) is 72.9 Å². The number of hydrogen-bond donors (Lipinski definition) is 0. The van der Waals surface area contributed by atoms with Gasteiger partial charge in [-0.2, -0.15) is 0 Å². The molecule has 0 aliphatic rings. The minimum atomic E-state index is -0.563. The molecule has 6 heteroatoms. The highest BCUT2D eigenvalue weighted by Crippen LogP contribution is 2.22. The van der Waals surface area contributed by atoms with Crippen molar-refractivity contribution in [1.29, 1.82) is 0 Å². The van der Waals surface area contributed by atoms with Crippen LogP contribution in [0.5, 0.6) is 17.4 Å². The van der Waals surface area contributed by atoms with Gasteiger partial charge in [0, 0.05) is 24.7 Å². The van der Waals surface area contributed by atoms with E-state index in [0.29, 0.717) is 17.4 Å². The summed E-state index contributed by atoms with van der Waals surface area (Å²) in [7, 11) is 0. The second kappa shape index (κ2) is 6.45. The van der Waals surface area contributed by atoms with Crippen molar-refractivity contribution in [3.8, 4) is 17.4 Å². The Labute approximate surface area is 126 Å². The number of nitrogens with zero attached hydrogens (tertiary/aromatic N) is 3. The number of hydrogen-bond acceptors (Lipinski definition) is 6. The predicted octanol–water partition coefficient (Wildman–Crippen LogP) is 2.88. The second-order valence-corrected chi connectivity index (χ2v) is 4.22. The van der Waals surface area contributed by atoms with E-state index in [2.05, 4.69) is 15.0 Å². The first-order valence-corrected chi connectivity index (χ1v) is 6.48. The van der Waals surface area contributed by atoms with Crippen LogP contribution in [0.25, 0.3) is 0 Å². The molecule has 2 heterocycles. The molecule has 0 N–H and O–H groups in total. The molecule has 0 saturated carbocycles. The average molecular weight is 293 g/mol. The minimum Gasteiger partial charge on any atom is -0.439 e. The smallest absolute Gasteiger partial charge is 0.363 e. The summed E-state index contributed by atoms with van der Waals surface area (Å²) in [5.41, 5.74) is 0.149. The highest BCUT2D eigenvalue weighted by Gasteiger charge is 2.10. The van der Waals surface area contributed by atoms with Crippen LogP contribution >= 0.6 is 0 Å². The van der Waals surface area contributed by atoms with Crippen LogP contribution in [0.2, 0.25) is 0 Å². The number of benzene rings is 1. The first-order chi connectivity index (χ1) is 10.8. The largest absolute Gasteiger partial charge is 0.439 e. The molecule has 0 aliphatic heterocycles. The molecule has 0 unspecified atom stereocenters. The number of esters is 1. The van der Waals surface area contributed by atoms with Crippen LogP contribution in [0, 0.1) is 0 Å². The lowest BCUT2D eigenvalue weighted by atomic mass is 10.3. The van der Waals surface area contributed by atoms with Crippen molar-refractivity contribution in [2.24, 2.45) is 0 Å². The van der Waals surface area contributed by atoms with Crippen molar-refractivity contribution >= 4 is 5.97 Å². The monoisotopic (exact) mass is 293 g/mol. The molecule has 0 spiro atoms. The fraction of sp³-hybridized carbons (Fsp3) is 0. The van der Waals surface area contributed by atoms with Crippen LogP contribution in [-0.2, 0) is 0 Å². The lowest BCUT2D eigenvalue weighted by molar-refractivity contribution is 0.0728. The Balaban J connectivity index is 1.66. The summed E-state index contributed by atoms with van der Waals surface area (Å²) >= 11 is 0. The topological polar surface area (TPSA) is 74.2 Å². The van der Waals surface area contributed by atoms with E-state index in [1.165, 1.54) is 18.6 Å². The van der Waals surface area contributed by atoms with E-state index >= 15 is 0 Å². The fourth-order valence-electron chi connectivity index (χ4n) is 1.67. The SMILES string of the molecule is O=C(Oc1ccc(Oc2ccccn2)cc1)c1cnccn1. The Hall–Kier alpha value is -3.28. The van der Waals surface area contributed by atoms with Gasteiger partial charge in [-0.05, 0) is 30.3 Å². The molecular formula is C16H11N3O3. The summed E-state index contributed by atoms with van der Waals surface area (Å²) in [6.07, 6.45) is 5.91. The third kappa shape index (κ3) is 3.43. The van der Waals surface area contributed by atoms with Crippen molar-refractivity contribution < 1.29 is 14.3 Å². The molecule has 0 radical (unpaired) electrons. The average Bonchev–Trinajstić information content (AvgIpc) is 2.58. The van der Waals surface area contributed by atoms with Crippen LogP contribution in [0.4, 0.5) is 0 Å². The van der Waals surface area contributed by atoms with Gasteiger partial charge in [0.1, 0.15) is 11.5 Å². The summed E-state index contributed by atoms with van der Waals surface area (Å²) < 4.78 is 10.7. The maximum Gasteiger partial charge on any atom is 0.363 e. The number of rotatable bonds is 4. The lowest BCUT2D eigenvalue weighted by Crippen LogP contribution is -2.10. The Morgan fingerprint density at radius 1 is 0.864 bits per heavy atom. The standard InChI is InChI=1S/C16H11N3O3/c20-16(14-11-17-9-10-18-14)22-13-6-4-12(5-7-13)21-15-3-1-2-8-19-15/h1-11H. The van der Waals surface area contributed by atoms with Gasteiger partial charge < -0.3 is 9.47 Å². The predicted molar refractivity (Wildman–Crippen MR) is 77.7 cm³/mol. The number of pyridine rings is 1. The van der Waals surface area contributed by atoms with Crippen LogP contribution in [0.15, 0.2) is 67.3 Å². The molecule has 0 amide bonds. The van der Waals surface area contributed by atoms with Gasteiger partial charge in [0.15, 0.2) is 5.69 Å². The third-order valence-electron chi connectivity index (χ3n) is 2.67.